The molecule has 0 radical (unpaired) electrons. The van der Waals surface area contributed by atoms with E-state index in [-0.39, 0.29) is 22.9 Å². The van der Waals surface area contributed by atoms with E-state index in [2.05, 4.69) is 5.32 Å². The predicted octanol–water partition coefficient (Wildman–Crippen LogP) is 2.18. The standard InChI is InChI=1S/C13H18ClNO3/c1-8(2)5-10(17)7-15-13(18)11-6-9(16)3-4-12(11)14/h3-4,6,8,10,16-17H,5,7H2,1-2H3,(H,15,18). The fourth-order valence-corrected chi connectivity index (χ4v) is 1.82. The number of carbonyl (C=O) groups excluding carboxylic acids is 1. The number of carbonyl (C=O) groups is 1. The molecule has 0 bridgehead atoms. The maximum atomic E-state index is 11.8. The van der Waals surface area contributed by atoms with Crippen molar-refractivity contribution in [3.63, 3.8) is 0 Å². The SMILES string of the molecule is CC(C)CC(O)CNC(=O)c1cc(O)ccc1Cl. The number of aliphatic hydroxyl groups excluding tert-OH is 1. The molecular formula is C13H18ClNO3. The van der Waals surface area contributed by atoms with Gasteiger partial charge >= 0.3 is 0 Å². The number of amides is 1. The average Bonchev–Trinajstić information content (AvgIpc) is 2.28. The molecule has 0 aliphatic heterocycles. The van der Waals surface area contributed by atoms with Crippen molar-refractivity contribution < 1.29 is 15.0 Å². The predicted molar refractivity (Wildman–Crippen MR) is 70.9 cm³/mol. The summed E-state index contributed by atoms with van der Waals surface area (Å²) in [7, 11) is 0. The number of hydrogen-bond donors (Lipinski definition) is 3. The highest BCUT2D eigenvalue weighted by Crippen LogP contribution is 2.20. The van der Waals surface area contributed by atoms with E-state index in [4.69, 9.17) is 11.6 Å². The molecule has 18 heavy (non-hydrogen) atoms. The minimum Gasteiger partial charge on any atom is -0.508 e. The van der Waals surface area contributed by atoms with Crippen LogP contribution in [0.3, 0.4) is 0 Å². The van der Waals surface area contributed by atoms with Gasteiger partial charge in [0.1, 0.15) is 5.75 Å². The first-order valence-corrected chi connectivity index (χ1v) is 6.22. The molecule has 0 saturated carbocycles. The quantitative estimate of drug-likeness (QED) is 0.769. The third-order valence-corrected chi connectivity index (χ3v) is 2.77. The van der Waals surface area contributed by atoms with Crippen molar-refractivity contribution in [3.05, 3.63) is 28.8 Å². The number of benzene rings is 1. The monoisotopic (exact) mass is 271 g/mol. The summed E-state index contributed by atoms with van der Waals surface area (Å²) in [4.78, 5) is 11.8. The highest BCUT2D eigenvalue weighted by atomic mass is 35.5. The molecule has 0 heterocycles. The van der Waals surface area contributed by atoms with Crippen LogP contribution in [0, 0.1) is 5.92 Å². The van der Waals surface area contributed by atoms with Crippen LogP contribution in [-0.4, -0.2) is 28.8 Å². The van der Waals surface area contributed by atoms with Crippen molar-refractivity contribution in [2.75, 3.05) is 6.54 Å². The van der Waals surface area contributed by atoms with Crippen molar-refractivity contribution in [3.8, 4) is 5.75 Å². The van der Waals surface area contributed by atoms with Gasteiger partial charge in [-0.15, -0.1) is 0 Å². The second-order valence-electron chi connectivity index (χ2n) is 4.66. The molecule has 0 aliphatic rings. The van der Waals surface area contributed by atoms with E-state index in [1.165, 1.54) is 18.2 Å². The largest absolute Gasteiger partial charge is 0.508 e. The van der Waals surface area contributed by atoms with Crippen molar-refractivity contribution >= 4 is 17.5 Å². The zero-order valence-corrected chi connectivity index (χ0v) is 11.2. The van der Waals surface area contributed by atoms with Crippen LogP contribution in [0.5, 0.6) is 5.75 Å². The van der Waals surface area contributed by atoms with E-state index in [9.17, 15) is 15.0 Å². The second kappa shape index (κ2) is 6.61. The maximum Gasteiger partial charge on any atom is 0.253 e. The van der Waals surface area contributed by atoms with Gasteiger partial charge < -0.3 is 15.5 Å². The number of aromatic hydroxyl groups is 1. The molecule has 1 aromatic carbocycles. The first-order chi connectivity index (χ1) is 8.40. The Morgan fingerprint density at radius 3 is 2.72 bits per heavy atom. The summed E-state index contributed by atoms with van der Waals surface area (Å²) in [5, 5.41) is 21.8. The Labute approximate surface area is 112 Å². The van der Waals surface area contributed by atoms with Gasteiger partial charge in [0.2, 0.25) is 0 Å². The summed E-state index contributed by atoms with van der Waals surface area (Å²) >= 11 is 5.86. The molecule has 100 valence electrons. The Morgan fingerprint density at radius 2 is 2.11 bits per heavy atom. The van der Waals surface area contributed by atoms with Crippen LogP contribution in [0.15, 0.2) is 18.2 Å². The molecule has 0 aliphatic carbocycles. The molecule has 0 fully saturated rings. The minimum atomic E-state index is -0.579. The lowest BCUT2D eigenvalue weighted by atomic mass is 10.1. The van der Waals surface area contributed by atoms with Gasteiger partial charge in [0.25, 0.3) is 5.91 Å². The number of phenols is 1. The minimum absolute atomic E-state index is 0.0210. The lowest BCUT2D eigenvalue weighted by Crippen LogP contribution is -2.32. The highest BCUT2D eigenvalue weighted by molar-refractivity contribution is 6.33. The van der Waals surface area contributed by atoms with Gasteiger partial charge in [0.15, 0.2) is 0 Å². The Morgan fingerprint density at radius 1 is 1.44 bits per heavy atom. The Balaban J connectivity index is 2.58. The maximum absolute atomic E-state index is 11.8. The van der Waals surface area contributed by atoms with E-state index < -0.39 is 12.0 Å². The number of phenolic OH excluding ortho intramolecular Hbond substituents is 1. The molecule has 5 heteroatoms. The lowest BCUT2D eigenvalue weighted by molar-refractivity contribution is 0.0900. The smallest absolute Gasteiger partial charge is 0.253 e. The van der Waals surface area contributed by atoms with Crippen LogP contribution in [0.25, 0.3) is 0 Å². The highest BCUT2D eigenvalue weighted by Gasteiger charge is 2.13. The second-order valence-corrected chi connectivity index (χ2v) is 5.06. The van der Waals surface area contributed by atoms with Crippen molar-refractivity contribution in [2.24, 2.45) is 5.92 Å². The number of aliphatic hydroxyl groups is 1. The molecule has 1 atom stereocenters. The van der Waals surface area contributed by atoms with Gasteiger partial charge in [-0.05, 0) is 30.5 Å². The van der Waals surface area contributed by atoms with Crippen molar-refractivity contribution in [2.45, 2.75) is 26.4 Å². The van der Waals surface area contributed by atoms with Gasteiger partial charge in [-0.1, -0.05) is 25.4 Å². The van der Waals surface area contributed by atoms with Gasteiger partial charge in [-0.3, -0.25) is 4.79 Å². The molecule has 0 spiro atoms. The summed E-state index contributed by atoms with van der Waals surface area (Å²) in [6.45, 7) is 4.16. The number of hydrogen-bond acceptors (Lipinski definition) is 3. The van der Waals surface area contributed by atoms with Gasteiger partial charge in [-0.25, -0.2) is 0 Å². The van der Waals surface area contributed by atoms with Crippen LogP contribution in [0.1, 0.15) is 30.6 Å². The summed E-state index contributed by atoms with van der Waals surface area (Å²) in [6.07, 6.45) is 0.0404. The Hall–Kier alpha value is -1.26. The van der Waals surface area contributed by atoms with Crippen LogP contribution in [0.4, 0.5) is 0 Å². The van der Waals surface area contributed by atoms with Gasteiger partial charge in [-0.2, -0.15) is 0 Å². The van der Waals surface area contributed by atoms with E-state index >= 15 is 0 Å². The Bertz CT molecular complexity index is 421. The third-order valence-electron chi connectivity index (χ3n) is 2.44. The summed E-state index contributed by atoms with van der Waals surface area (Å²) in [5.41, 5.74) is 0.202. The van der Waals surface area contributed by atoms with Crippen LogP contribution < -0.4 is 5.32 Å². The molecule has 1 aromatic rings. The van der Waals surface area contributed by atoms with Crippen molar-refractivity contribution in [1.29, 1.82) is 0 Å². The zero-order valence-electron chi connectivity index (χ0n) is 10.5. The molecule has 3 N–H and O–H groups in total. The molecule has 1 rings (SSSR count). The summed E-state index contributed by atoms with van der Waals surface area (Å²) in [6, 6.07) is 4.16. The summed E-state index contributed by atoms with van der Waals surface area (Å²) in [5.74, 6) is -0.0627. The fraction of sp³-hybridized carbons (Fsp3) is 0.462. The summed E-state index contributed by atoms with van der Waals surface area (Å²) < 4.78 is 0. The van der Waals surface area contributed by atoms with Crippen LogP contribution in [0.2, 0.25) is 5.02 Å². The van der Waals surface area contributed by atoms with E-state index in [1.54, 1.807) is 0 Å². The van der Waals surface area contributed by atoms with E-state index in [1.807, 2.05) is 13.8 Å². The molecule has 0 saturated heterocycles. The van der Waals surface area contributed by atoms with Gasteiger partial charge in [0, 0.05) is 6.54 Å². The molecule has 4 nitrogen and oxygen atoms in total. The molecule has 1 amide bonds. The van der Waals surface area contributed by atoms with E-state index in [0.717, 1.165) is 0 Å². The van der Waals surface area contributed by atoms with Crippen molar-refractivity contribution in [1.82, 2.24) is 5.32 Å². The first-order valence-electron chi connectivity index (χ1n) is 5.85. The van der Waals surface area contributed by atoms with E-state index in [0.29, 0.717) is 12.3 Å². The van der Waals surface area contributed by atoms with Gasteiger partial charge in [0.05, 0.1) is 16.7 Å². The van der Waals surface area contributed by atoms with Crippen LogP contribution >= 0.6 is 11.6 Å². The topological polar surface area (TPSA) is 69.6 Å². The number of rotatable bonds is 5. The molecular weight excluding hydrogens is 254 g/mol. The fourth-order valence-electron chi connectivity index (χ4n) is 1.62. The van der Waals surface area contributed by atoms with Crippen LogP contribution in [-0.2, 0) is 0 Å². The normalized spacial score (nSPS) is 12.5. The average molecular weight is 272 g/mol. The molecule has 0 aromatic heterocycles. The first kappa shape index (κ1) is 14.8. The molecule has 1 unspecified atom stereocenters. The number of nitrogens with one attached hydrogen (secondary N) is 1. The Kier molecular flexibility index (Phi) is 5.44. The lowest BCUT2D eigenvalue weighted by Gasteiger charge is -2.14. The number of halogens is 1. The zero-order chi connectivity index (χ0) is 13.7. The third kappa shape index (κ3) is 4.55.